The van der Waals surface area contributed by atoms with Crippen molar-refractivity contribution in [3.63, 3.8) is 0 Å². The lowest BCUT2D eigenvalue weighted by Gasteiger charge is -2.12. The van der Waals surface area contributed by atoms with Crippen molar-refractivity contribution in [3.8, 4) is 5.75 Å². The fraction of sp³-hybridized carbons (Fsp3) is 0.133. The van der Waals surface area contributed by atoms with Gasteiger partial charge in [0.05, 0.1) is 16.9 Å². The number of benzene rings is 2. The zero-order chi connectivity index (χ0) is 19.5. The Labute approximate surface area is 147 Å². The molecule has 4 N–H and O–H groups in total. The van der Waals surface area contributed by atoms with E-state index >= 15 is 0 Å². The van der Waals surface area contributed by atoms with Crippen molar-refractivity contribution in [2.45, 2.75) is 11.1 Å². The van der Waals surface area contributed by atoms with Crippen LogP contribution in [0.1, 0.15) is 5.56 Å². The molecule has 2 aromatic carbocycles. The number of rotatable bonds is 4. The van der Waals surface area contributed by atoms with Crippen LogP contribution in [0.15, 0.2) is 47.4 Å². The first-order valence-electron chi connectivity index (χ1n) is 7.03. The van der Waals surface area contributed by atoms with Gasteiger partial charge in [0.15, 0.2) is 0 Å². The second-order valence-corrected chi connectivity index (χ2v) is 6.56. The lowest BCUT2D eigenvalue weighted by atomic mass is 10.2. The quantitative estimate of drug-likeness (QED) is 0.550. The summed E-state index contributed by atoms with van der Waals surface area (Å²) in [6.45, 7) is 0. The van der Waals surface area contributed by atoms with E-state index in [-0.39, 0.29) is 16.3 Å². The fourth-order valence-corrected chi connectivity index (χ4v) is 2.85. The number of alkyl halides is 3. The van der Waals surface area contributed by atoms with Crippen molar-refractivity contribution >= 4 is 27.5 Å². The van der Waals surface area contributed by atoms with Crippen molar-refractivity contribution in [3.05, 3.63) is 48.0 Å². The van der Waals surface area contributed by atoms with Crippen LogP contribution in [0, 0.1) is 0 Å². The molecule has 0 aliphatic carbocycles. The maximum Gasteiger partial charge on any atom is 0.416 e. The first kappa shape index (κ1) is 19.4. The molecule has 11 heteroatoms. The molecule has 0 heterocycles. The lowest BCUT2D eigenvalue weighted by Crippen LogP contribution is -2.25. The molecule has 0 saturated carbocycles. The van der Waals surface area contributed by atoms with Crippen molar-refractivity contribution in [2.75, 3.05) is 18.1 Å². The molecule has 0 radical (unpaired) electrons. The molecule has 0 unspecified atom stereocenters. The number of amides is 2. The smallest absolute Gasteiger partial charge is 0.397 e. The van der Waals surface area contributed by atoms with Crippen molar-refractivity contribution < 1.29 is 30.6 Å². The number of urea groups is 1. The van der Waals surface area contributed by atoms with Crippen LogP contribution in [-0.4, -0.2) is 21.5 Å². The van der Waals surface area contributed by atoms with E-state index in [1.165, 1.54) is 13.1 Å². The summed E-state index contributed by atoms with van der Waals surface area (Å²) in [6, 6.07) is 6.26. The van der Waals surface area contributed by atoms with E-state index in [2.05, 4.69) is 10.6 Å². The summed E-state index contributed by atoms with van der Waals surface area (Å²) in [5.41, 5.74) is 4.73. The van der Waals surface area contributed by atoms with E-state index in [9.17, 15) is 26.4 Å². The first-order chi connectivity index (χ1) is 12.0. The molecule has 2 amide bonds. The summed E-state index contributed by atoms with van der Waals surface area (Å²) in [4.78, 5) is 10.9. The highest BCUT2D eigenvalue weighted by Crippen LogP contribution is 2.32. The van der Waals surface area contributed by atoms with Crippen LogP contribution < -0.4 is 20.6 Å². The van der Waals surface area contributed by atoms with Gasteiger partial charge >= 0.3 is 22.3 Å². The number of hydrogen-bond acceptors (Lipinski definition) is 5. The van der Waals surface area contributed by atoms with Gasteiger partial charge < -0.3 is 20.6 Å². The summed E-state index contributed by atoms with van der Waals surface area (Å²) in [5, 5.41) is 4.67. The minimum Gasteiger partial charge on any atom is -0.397 e. The normalized spacial score (nSPS) is 11.7. The Balaban J connectivity index is 2.28. The molecule has 2 rings (SSSR count). The third kappa shape index (κ3) is 4.57. The van der Waals surface area contributed by atoms with E-state index in [0.717, 1.165) is 30.3 Å². The van der Waals surface area contributed by atoms with Gasteiger partial charge in [-0.25, -0.2) is 4.79 Å². The van der Waals surface area contributed by atoms with Crippen LogP contribution in [-0.2, 0) is 16.3 Å². The third-order valence-electron chi connectivity index (χ3n) is 3.15. The Bertz CT molecular complexity index is 930. The first-order valence-corrected chi connectivity index (χ1v) is 8.44. The maximum absolute atomic E-state index is 12.7. The largest absolute Gasteiger partial charge is 0.416 e. The van der Waals surface area contributed by atoms with Gasteiger partial charge in [0.25, 0.3) is 0 Å². The number of carbonyl (C=O) groups is 1. The molecule has 0 spiro atoms. The molecule has 0 atom stereocenters. The zero-order valence-corrected chi connectivity index (χ0v) is 14.1. The third-order valence-corrected chi connectivity index (χ3v) is 4.40. The molecule has 0 fully saturated rings. The second-order valence-electron chi connectivity index (χ2n) is 5.02. The summed E-state index contributed by atoms with van der Waals surface area (Å²) < 4.78 is 67.3. The molecule has 140 valence electrons. The topological polar surface area (TPSA) is 111 Å². The molecule has 0 aromatic heterocycles. The molecule has 7 nitrogen and oxygen atoms in total. The predicted molar refractivity (Wildman–Crippen MR) is 88.2 cm³/mol. The summed E-state index contributed by atoms with van der Waals surface area (Å²) >= 11 is 0. The monoisotopic (exact) mass is 389 g/mol. The van der Waals surface area contributed by atoms with Gasteiger partial charge in [0, 0.05) is 7.05 Å². The standard InChI is InChI=1S/C15H14F3N3O4S/c1-20-14(22)21-13-6-5-11(8-12(13)19)26(23,24)25-10-4-2-3-9(7-10)15(16,17)18/h2-8H,19H2,1H3,(H2,20,21,22). The van der Waals surface area contributed by atoms with Gasteiger partial charge in [0.1, 0.15) is 10.6 Å². The number of hydrogen-bond donors (Lipinski definition) is 3. The Morgan fingerprint density at radius 3 is 2.42 bits per heavy atom. The van der Waals surface area contributed by atoms with Gasteiger partial charge in [-0.2, -0.15) is 21.6 Å². The number of halogens is 3. The Morgan fingerprint density at radius 2 is 1.85 bits per heavy atom. The van der Waals surface area contributed by atoms with Crippen molar-refractivity contribution in [1.29, 1.82) is 0 Å². The number of nitrogen functional groups attached to an aromatic ring is 1. The SMILES string of the molecule is CNC(=O)Nc1ccc(S(=O)(=O)Oc2cccc(C(F)(F)F)c2)cc1N. The van der Waals surface area contributed by atoms with E-state index < -0.39 is 33.6 Å². The average molecular weight is 389 g/mol. The van der Waals surface area contributed by atoms with Crippen LogP contribution in [0.25, 0.3) is 0 Å². The van der Waals surface area contributed by atoms with Gasteiger partial charge in [-0.3, -0.25) is 0 Å². The van der Waals surface area contributed by atoms with Crippen molar-refractivity contribution in [2.24, 2.45) is 0 Å². The highest BCUT2D eigenvalue weighted by atomic mass is 32.2. The second kappa shape index (κ2) is 7.12. The van der Waals surface area contributed by atoms with Gasteiger partial charge in [-0.05, 0) is 36.4 Å². The minimum atomic E-state index is -4.64. The van der Waals surface area contributed by atoms with E-state index in [4.69, 9.17) is 9.92 Å². The number of nitrogens with one attached hydrogen (secondary N) is 2. The molecule has 0 aliphatic rings. The molecule has 0 aliphatic heterocycles. The number of nitrogens with two attached hydrogens (primary N) is 1. The van der Waals surface area contributed by atoms with Crippen LogP contribution >= 0.6 is 0 Å². The maximum atomic E-state index is 12.7. The van der Waals surface area contributed by atoms with E-state index in [1.807, 2.05) is 0 Å². The van der Waals surface area contributed by atoms with Gasteiger partial charge in [0.2, 0.25) is 0 Å². The fourth-order valence-electron chi connectivity index (χ4n) is 1.89. The molecule has 2 aromatic rings. The summed E-state index contributed by atoms with van der Waals surface area (Å²) in [7, 11) is -3.04. The van der Waals surface area contributed by atoms with Crippen LogP contribution in [0.4, 0.5) is 29.3 Å². The number of anilines is 2. The zero-order valence-electron chi connectivity index (χ0n) is 13.3. The minimum absolute atomic E-state index is 0.0673. The average Bonchev–Trinajstić information content (AvgIpc) is 2.55. The Hall–Kier alpha value is -2.95. The molecule has 0 bridgehead atoms. The number of carbonyl (C=O) groups excluding carboxylic acids is 1. The molecule has 26 heavy (non-hydrogen) atoms. The van der Waals surface area contributed by atoms with Gasteiger partial charge in [-0.15, -0.1) is 0 Å². The molecular formula is C15H14F3N3O4S. The highest BCUT2D eigenvalue weighted by Gasteiger charge is 2.31. The van der Waals surface area contributed by atoms with Crippen LogP contribution in [0.5, 0.6) is 5.75 Å². The lowest BCUT2D eigenvalue weighted by molar-refractivity contribution is -0.137. The van der Waals surface area contributed by atoms with Crippen molar-refractivity contribution in [1.82, 2.24) is 5.32 Å². The highest BCUT2D eigenvalue weighted by molar-refractivity contribution is 7.87. The summed E-state index contributed by atoms with van der Waals surface area (Å²) in [6.07, 6.45) is -4.64. The Morgan fingerprint density at radius 1 is 1.15 bits per heavy atom. The van der Waals surface area contributed by atoms with Gasteiger partial charge in [-0.1, -0.05) is 6.07 Å². The van der Waals surface area contributed by atoms with E-state index in [1.54, 1.807) is 0 Å². The van der Waals surface area contributed by atoms with E-state index in [0.29, 0.717) is 6.07 Å². The Kier molecular flexibility index (Phi) is 5.30. The predicted octanol–water partition coefficient (Wildman–Crippen LogP) is 2.81. The molecule has 0 saturated heterocycles. The van der Waals surface area contributed by atoms with Crippen LogP contribution in [0.3, 0.4) is 0 Å². The summed E-state index contributed by atoms with van der Waals surface area (Å²) in [5.74, 6) is -0.494. The molecular weight excluding hydrogens is 375 g/mol. The van der Waals surface area contributed by atoms with Crippen LogP contribution in [0.2, 0.25) is 0 Å².